The summed E-state index contributed by atoms with van der Waals surface area (Å²) >= 11 is 0. The molecule has 2 fully saturated rings. The fourth-order valence-electron chi connectivity index (χ4n) is 4.92. The first-order valence-corrected chi connectivity index (χ1v) is 8.15. The van der Waals surface area contributed by atoms with Gasteiger partial charge in [0.15, 0.2) is 0 Å². The van der Waals surface area contributed by atoms with E-state index in [9.17, 15) is 0 Å². The highest BCUT2D eigenvalue weighted by molar-refractivity contribution is 5.24. The van der Waals surface area contributed by atoms with Gasteiger partial charge in [-0.25, -0.2) is 0 Å². The smallest absolute Gasteiger partial charge is 0.0294 e. The van der Waals surface area contributed by atoms with Crippen LogP contribution in [0, 0.1) is 23.7 Å². The van der Waals surface area contributed by atoms with Crippen LogP contribution in [0.5, 0.6) is 0 Å². The van der Waals surface area contributed by atoms with Crippen LogP contribution in [0.2, 0.25) is 0 Å². The summed E-state index contributed by atoms with van der Waals surface area (Å²) in [4.78, 5) is 0. The molecule has 0 saturated heterocycles. The van der Waals surface area contributed by atoms with Gasteiger partial charge in [-0.2, -0.15) is 0 Å². The van der Waals surface area contributed by atoms with Crippen LogP contribution >= 0.6 is 0 Å². The minimum absolute atomic E-state index is 0.436. The molecule has 20 heavy (non-hydrogen) atoms. The summed E-state index contributed by atoms with van der Waals surface area (Å²) < 4.78 is 0. The zero-order chi connectivity index (χ0) is 14.5. The highest BCUT2D eigenvalue weighted by Gasteiger charge is 2.59. The molecule has 2 bridgehead atoms. The molecule has 3 unspecified atom stereocenters. The van der Waals surface area contributed by atoms with Crippen molar-refractivity contribution in [3.63, 3.8) is 0 Å². The highest BCUT2D eigenvalue weighted by atomic mass is 15.0. The molecule has 0 heterocycles. The lowest BCUT2D eigenvalue weighted by Gasteiger charge is -2.44. The van der Waals surface area contributed by atoms with Gasteiger partial charge in [0.25, 0.3) is 0 Å². The van der Waals surface area contributed by atoms with Crippen molar-refractivity contribution >= 4 is 0 Å². The highest BCUT2D eigenvalue weighted by Crippen LogP contribution is 2.62. The Kier molecular flexibility index (Phi) is 3.25. The average molecular weight is 271 g/mol. The monoisotopic (exact) mass is 271 g/mol. The Hall–Kier alpha value is -0.820. The van der Waals surface area contributed by atoms with Crippen molar-refractivity contribution in [1.29, 1.82) is 0 Å². The summed E-state index contributed by atoms with van der Waals surface area (Å²) in [6, 6.07) is 10.1. The van der Waals surface area contributed by atoms with E-state index in [1.54, 1.807) is 0 Å². The Balaban J connectivity index is 1.78. The lowest BCUT2D eigenvalue weighted by molar-refractivity contribution is 0.100. The van der Waals surface area contributed by atoms with Gasteiger partial charge < -0.3 is 5.32 Å². The topological polar surface area (TPSA) is 12.0 Å². The van der Waals surface area contributed by atoms with Gasteiger partial charge in [-0.1, -0.05) is 50.6 Å². The van der Waals surface area contributed by atoms with Gasteiger partial charge in [0.05, 0.1) is 0 Å². The number of hydrogen-bond donors (Lipinski definition) is 1. The van der Waals surface area contributed by atoms with E-state index in [0.29, 0.717) is 22.9 Å². The Morgan fingerprint density at radius 2 is 1.80 bits per heavy atom. The molecule has 1 aromatic rings. The first-order valence-electron chi connectivity index (χ1n) is 8.15. The number of fused-ring (bicyclic) bond motifs is 2. The van der Waals surface area contributed by atoms with Gasteiger partial charge in [-0.15, -0.1) is 0 Å². The van der Waals surface area contributed by atoms with Gasteiger partial charge in [0, 0.05) is 12.1 Å². The summed E-state index contributed by atoms with van der Waals surface area (Å²) in [5, 5.41) is 3.98. The number of nitrogens with one attached hydrogen (secondary N) is 1. The SMILES string of the molecule is Cc1ccc([C@@H](C)NC2C3(C)CCC(C3)C2(C)C)cc1. The number of hydrogen-bond acceptors (Lipinski definition) is 1. The summed E-state index contributed by atoms with van der Waals surface area (Å²) in [6.45, 7) is 11.9. The van der Waals surface area contributed by atoms with Crippen LogP contribution in [0.15, 0.2) is 24.3 Å². The third-order valence-electron chi connectivity index (χ3n) is 6.26. The van der Waals surface area contributed by atoms with Gasteiger partial charge in [0.1, 0.15) is 0 Å². The zero-order valence-corrected chi connectivity index (χ0v) is 13.7. The third kappa shape index (κ3) is 2.11. The fraction of sp³-hybridized carbons (Fsp3) is 0.684. The van der Waals surface area contributed by atoms with Crippen molar-refractivity contribution in [3.05, 3.63) is 35.4 Å². The van der Waals surface area contributed by atoms with Crippen LogP contribution < -0.4 is 5.32 Å². The van der Waals surface area contributed by atoms with E-state index < -0.39 is 0 Å². The zero-order valence-electron chi connectivity index (χ0n) is 13.7. The minimum Gasteiger partial charge on any atom is -0.306 e. The molecule has 0 aromatic heterocycles. The fourth-order valence-corrected chi connectivity index (χ4v) is 4.92. The van der Waals surface area contributed by atoms with Gasteiger partial charge in [-0.05, 0) is 55.4 Å². The second-order valence-corrected chi connectivity index (χ2v) is 8.15. The van der Waals surface area contributed by atoms with E-state index in [2.05, 4.69) is 64.2 Å². The van der Waals surface area contributed by atoms with E-state index in [-0.39, 0.29) is 0 Å². The Morgan fingerprint density at radius 3 is 2.35 bits per heavy atom. The molecule has 1 nitrogen and oxygen atoms in total. The maximum Gasteiger partial charge on any atom is 0.0294 e. The normalized spacial score (nSPS) is 36.2. The van der Waals surface area contributed by atoms with E-state index in [0.717, 1.165) is 5.92 Å². The molecule has 1 N–H and O–H groups in total. The molecule has 0 amide bonds. The first kappa shape index (κ1) is 14.1. The van der Waals surface area contributed by atoms with Crippen molar-refractivity contribution in [1.82, 2.24) is 5.32 Å². The lowest BCUT2D eigenvalue weighted by atomic mass is 9.68. The van der Waals surface area contributed by atoms with Crippen LogP contribution in [-0.2, 0) is 0 Å². The molecule has 110 valence electrons. The number of benzene rings is 1. The van der Waals surface area contributed by atoms with Crippen LogP contribution in [0.4, 0.5) is 0 Å². The van der Waals surface area contributed by atoms with Crippen molar-refractivity contribution in [3.8, 4) is 0 Å². The Bertz CT molecular complexity index is 482. The van der Waals surface area contributed by atoms with Gasteiger partial charge in [-0.3, -0.25) is 0 Å². The van der Waals surface area contributed by atoms with Crippen LogP contribution in [0.1, 0.15) is 64.1 Å². The summed E-state index contributed by atoms with van der Waals surface area (Å²) in [5.74, 6) is 0.912. The third-order valence-corrected chi connectivity index (χ3v) is 6.26. The lowest BCUT2D eigenvalue weighted by Crippen LogP contribution is -2.50. The molecule has 2 aliphatic rings. The van der Waals surface area contributed by atoms with Crippen molar-refractivity contribution in [2.45, 2.75) is 66.0 Å². The van der Waals surface area contributed by atoms with Crippen molar-refractivity contribution < 1.29 is 0 Å². The van der Waals surface area contributed by atoms with E-state index in [1.807, 2.05) is 0 Å². The average Bonchev–Trinajstić information content (AvgIpc) is 2.86. The molecule has 4 atom stereocenters. The second-order valence-electron chi connectivity index (χ2n) is 8.15. The molecule has 3 rings (SSSR count). The molecular weight excluding hydrogens is 242 g/mol. The standard InChI is InChI=1S/C19H29N/c1-13-6-8-15(9-7-13)14(2)20-17-18(3,4)16-10-11-19(17,5)12-16/h6-9,14,16-17,20H,10-12H2,1-5H3/t14-,16?,17?,19?/m1/s1. The van der Waals surface area contributed by atoms with Crippen molar-refractivity contribution in [2.75, 3.05) is 0 Å². The van der Waals surface area contributed by atoms with Crippen LogP contribution in [-0.4, -0.2) is 6.04 Å². The molecule has 0 spiro atoms. The van der Waals surface area contributed by atoms with Crippen LogP contribution in [0.3, 0.4) is 0 Å². The quantitative estimate of drug-likeness (QED) is 0.827. The molecule has 0 aliphatic heterocycles. The second kappa shape index (κ2) is 4.59. The molecule has 1 aromatic carbocycles. The van der Waals surface area contributed by atoms with Crippen LogP contribution in [0.25, 0.3) is 0 Å². The summed E-state index contributed by atoms with van der Waals surface area (Å²) in [7, 11) is 0. The van der Waals surface area contributed by atoms with Gasteiger partial charge >= 0.3 is 0 Å². The van der Waals surface area contributed by atoms with E-state index >= 15 is 0 Å². The largest absolute Gasteiger partial charge is 0.306 e. The summed E-state index contributed by atoms with van der Waals surface area (Å²) in [5.41, 5.74) is 3.70. The molecule has 2 aliphatic carbocycles. The molecule has 1 heteroatoms. The Morgan fingerprint density at radius 1 is 1.15 bits per heavy atom. The first-order chi connectivity index (χ1) is 9.33. The number of aryl methyl sites for hydroxylation is 1. The molecular formula is C19H29N. The van der Waals surface area contributed by atoms with E-state index in [1.165, 1.54) is 30.4 Å². The van der Waals surface area contributed by atoms with Crippen molar-refractivity contribution in [2.24, 2.45) is 16.7 Å². The maximum absolute atomic E-state index is 3.98. The number of rotatable bonds is 3. The van der Waals surface area contributed by atoms with E-state index in [4.69, 9.17) is 0 Å². The van der Waals surface area contributed by atoms with Gasteiger partial charge in [0.2, 0.25) is 0 Å². The minimum atomic E-state index is 0.436. The predicted octanol–water partition coefficient (Wildman–Crippen LogP) is 4.86. The Labute approximate surface area is 124 Å². The predicted molar refractivity (Wildman–Crippen MR) is 85.7 cm³/mol. The maximum atomic E-state index is 3.98. The molecule has 0 radical (unpaired) electrons. The summed E-state index contributed by atoms with van der Waals surface area (Å²) in [6.07, 6.45) is 4.25. The molecule has 2 saturated carbocycles.